The number of benzene rings is 2. The first-order valence-electron chi connectivity index (χ1n) is 5.76. The number of carbonyl (C=O) groups excluding carboxylic acids is 1. The topological polar surface area (TPSA) is 63.2 Å². The third-order valence-electron chi connectivity index (χ3n) is 3.13. The maximum Gasteiger partial charge on any atom is 0.267 e. The molecule has 0 radical (unpaired) electrons. The summed E-state index contributed by atoms with van der Waals surface area (Å²) in [6.45, 7) is 1.97. The summed E-state index contributed by atoms with van der Waals surface area (Å²) >= 11 is 0. The molecule has 0 atom stereocenters. The van der Waals surface area contributed by atoms with Crippen LogP contribution in [0.25, 0.3) is 11.1 Å². The zero-order valence-electron chi connectivity index (χ0n) is 10.2. The van der Waals surface area contributed by atoms with Crippen molar-refractivity contribution in [3.63, 3.8) is 0 Å². The van der Waals surface area contributed by atoms with Gasteiger partial charge in [0.2, 0.25) is 0 Å². The van der Waals surface area contributed by atoms with Gasteiger partial charge in [0.05, 0.1) is 5.56 Å². The second-order valence-electron chi connectivity index (χ2n) is 4.48. The Morgan fingerprint density at radius 1 is 1.00 bits per heavy atom. The van der Waals surface area contributed by atoms with Gasteiger partial charge in [-0.25, -0.2) is 13.1 Å². The normalized spacial score (nSPS) is 15.9. The summed E-state index contributed by atoms with van der Waals surface area (Å²) in [6.07, 6.45) is 0. The molecule has 2 aromatic carbocycles. The molecule has 0 bridgehead atoms. The Balaban J connectivity index is 2.29. The minimum Gasteiger partial charge on any atom is -0.268 e. The van der Waals surface area contributed by atoms with Crippen molar-refractivity contribution in [3.8, 4) is 11.1 Å². The van der Waals surface area contributed by atoms with Crippen LogP contribution >= 0.6 is 0 Å². The summed E-state index contributed by atoms with van der Waals surface area (Å²) in [5, 5.41) is 0. The van der Waals surface area contributed by atoms with Crippen molar-refractivity contribution < 1.29 is 13.2 Å². The highest BCUT2D eigenvalue weighted by Crippen LogP contribution is 2.32. The summed E-state index contributed by atoms with van der Waals surface area (Å²) in [7, 11) is -3.69. The number of sulfonamides is 1. The minimum absolute atomic E-state index is 0.0515. The van der Waals surface area contributed by atoms with Crippen LogP contribution in [0.5, 0.6) is 0 Å². The molecule has 2 aromatic rings. The van der Waals surface area contributed by atoms with Gasteiger partial charge in [-0.3, -0.25) is 4.79 Å². The fourth-order valence-electron chi connectivity index (χ4n) is 2.19. The maximum absolute atomic E-state index is 11.9. The lowest BCUT2D eigenvalue weighted by Gasteiger charge is -2.06. The molecule has 1 heterocycles. The first-order chi connectivity index (χ1) is 8.99. The molecule has 0 saturated heterocycles. The summed E-state index contributed by atoms with van der Waals surface area (Å²) < 4.78 is 25.6. The Morgan fingerprint density at radius 2 is 1.68 bits per heavy atom. The number of amides is 1. The number of hydrogen-bond acceptors (Lipinski definition) is 3. The summed E-state index contributed by atoms with van der Waals surface area (Å²) in [6, 6.07) is 12.5. The van der Waals surface area contributed by atoms with Crippen LogP contribution < -0.4 is 4.72 Å². The van der Waals surface area contributed by atoms with Crippen molar-refractivity contribution >= 4 is 15.9 Å². The van der Waals surface area contributed by atoms with Crippen LogP contribution in [-0.4, -0.2) is 14.3 Å². The molecular formula is C14H11NO3S. The number of carbonyl (C=O) groups is 1. The van der Waals surface area contributed by atoms with Crippen LogP contribution in [0.2, 0.25) is 0 Å². The van der Waals surface area contributed by atoms with E-state index in [4.69, 9.17) is 0 Å². The molecular weight excluding hydrogens is 262 g/mol. The Bertz CT molecular complexity index is 777. The molecule has 3 rings (SSSR count). The average molecular weight is 273 g/mol. The third kappa shape index (κ3) is 1.82. The van der Waals surface area contributed by atoms with Gasteiger partial charge in [0.15, 0.2) is 0 Å². The van der Waals surface area contributed by atoms with Crippen molar-refractivity contribution in [3.05, 3.63) is 53.6 Å². The molecule has 19 heavy (non-hydrogen) atoms. The number of hydrogen-bond donors (Lipinski definition) is 1. The van der Waals surface area contributed by atoms with Crippen molar-refractivity contribution in [2.75, 3.05) is 0 Å². The standard InChI is InChI=1S/C14H11NO3S/c1-9-5-7-10(8-6-9)11-3-2-4-12-13(11)14(16)15-19(12,17)18/h2-8H,1H3,(H,15,16). The van der Waals surface area contributed by atoms with Crippen molar-refractivity contribution in [1.82, 2.24) is 4.72 Å². The second kappa shape index (κ2) is 3.93. The van der Waals surface area contributed by atoms with Crippen molar-refractivity contribution in [1.29, 1.82) is 0 Å². The largest absolute Gasteiger partial charge is 0.268 e. The Labute approximate surface area is 111 Å². The zero-order chi connectivity index (χ0) is 13.6. The van der Waals surface area contributed by atoms with Gasteiger partial charge in [-0.1, -0.05) is 42.0 Å². The summed E-state index contributed by atoms with van der Waals surface area (Å²) in [4.78, 5) is 11.9. The number of fused-ring (bicyclic) bond motifs is 1. The highest BCUT2D eigenvalue weighted by Gasteiger charge is 2.34. The molecule has 0 spiro atoms. The van der Waals surface area contributed by atoms with Crippen LogP contribution in [0.1, 0.15) is 15.9 Å². The zero-order valence-corrected chi connectivity index (χ0v) is 11.0. The van der Waals surface area contributed by atoms with Gasteiger partial charge in [0, 0.05) is 0 Å². The van der Waals surface area contributed by atoms with Gasteiger partial charge >= 0.3 is 0 Å². The summed E-state index contributed by atoms with van der Waals surface area (Å²) in [5.74, 6) is -0.564. The van der Waals surface area contributed by atoms with E-state index in [0.717, 1.165) is 11.1 Å². The fraction of sp³-hybridized carbons (Fsp3) is 0.0714. The molecule has 96 valence electrons. The lowest BCUT2D eigenvalue weighted by molar-refractivity contribution is 0.0985. The quantitative estimate of drug-likeness (QED) is 0.865. The van der Waals surface area contributed by atoms with E-state index in [1.807, 2.05) is 35.9 Å². The minimum atomic E-state index is -3.69. The van der Waals surface area contributed by atoms with Crippen molar-refractivity contribution in [2.45, 2.75) is 11.8 Å². The molecule has 1 N–H and O–H groups in total. The molecule has 4 nitrogen and oxygen atoms in total. The molecule has 1 aliphatic rings. The molecule has 5 heteroatoms. The number of nitrogens with one attached hydrogen (secondary N) is 1. The van der Waals surface area contributed by atoms with E-state index < -0.39 is 15.9 Å². The van der Waals surface area contributed by atoms with Gasteiger partial charge in [-0.2, -0.15) is 0 Å². The van der Waals surface area contributed by atoms with E-state index in [9.17, 15) is 13.2 Å². The first kappa shape index (κ1) is 11.9. The second-order valence-corrected chi connectivity index (χ2v) is 6.13. The lowest BCUT2D eigenvalue weighted by atomic mass is 9.98. The van der Waals surface area contributed by atoms with E-state index in [1.54, 1.807) is 12.1 Å². The SMILES string of the molecule is Cc1ccc(-c2cccc3c2C(=O)NS3(=O)=O)cc1. The molecule has 1 amide bonds. The smallest absolute Gasteiger partial charge is 0.267 e. The summed E-state index contributed by atoms with van der Waals surface area (Å²) in [5.41, 5.74) is 2.80. The molecule has 0 aromatic heterocycles. The molecule has 1 aliphatic heterocycles. The molecule has 0 aliphatic carbocycles. The number of aryl methyl sites for hydroxylation is 1. The van der Waals surface area contributed by atoms with Gasteiger partial charge < -0.3 is 0 Å². The highest BCUT2D eigenvalue weighted by molar-refractivity contribution is 7.90. The van der Waals surface area contributed by atoms with Crippen LogP contribution in [0, 0.1) is 6.92 Å². The van der Waals surface area contributed by atoms with Gasteiger partial charge in [-0.05, 0) is 24.1 Å². The van der Waals surface area contributed by atoms with Gasteiger partial charge in [-0.15, -0.1) is 0 Å². The monoisotopic (exact) mass is 273 g/mol. The molecule has 0 unspecified atom stereocenters. The Hall–Kier alpha value is -2.14. The predicted octanol–water partition coefficient (Wildman–Crippen LogP) is 2.09. The van der Waals surface area contributed by atoms with E-state index in [1.165, 1.54) is 6.07 Å². The van der Waals surface area contributed by atoms with E-state index in [-0.39, 0.29) is 10.5 Å². The highest BCUT2D eigenvalue weighted by atomic mass is 32.2. The molecule has 0 fully saturated rings. The first-order valence-corrected chi connectivity index (χ1v) is 7.24. The van der Waals surface area contributed by atoms with Crippen LogP contribution in [0.3, 0.4) is 0 Å². The van der Waals surface area contributed by atoms with Crippen molar-refractivity contribution in [2.24, 2.45) is 0 Å². The number of rotatable bonds is 1. The van der Waals surface area contributed by atoms with Crippen LogP contribution in [0.4, 0.5) is 0 Å². The lowest BCUT2D eigenvalue weighted by Crippen LogP contribution is -2.20. The Kier molecular flexibility index (Phi) is 2.46. The van der Waals surface area contributed by atoms with Gasteiger partial charge in [0.25, 0.3) is 15.9 Å². The van der Waals surface area contributed by atoms with Gasteiger partial charge in [0.1, 0.15) is 4.90 Å². The average Bonchev–Trinajstić information content (AvgIpc) is 2.61. The third-order valence-corrected chi connectivity index (χ3v) is 4.51. The maximum atomic E-state index is 11.9. The predicted molar refractivity (Wildman–Crippen MR) is 71.3 cm³/mol. The molecule has 0 saturated carbocycles. The Morgan fingerprint density at radius 3 is 2.37 bits per heavy atom. The van der Waals surface area contributed by atoms with E-state index in [2.05, 4.69) is 0 Å². The van der Waals surface area contributed by atoms with Crippen LogP contribution in [-0.2, 0) is 10.0 Å². The van der Waals surface area contributed by atoms with Crippen LogP contribution in [0.15, 0.2) is 47.4 Å². The fourth-order valence-corrected chi connectivity index (χ4v) is 3.38. The van der Waals surface area contributed by atoms with E-state index in [0.29, 0.717) is 5.56 Å². The van der Waals surface area contributed by atoms with E-state index >= 15 is 0 Å².